The van der Waals surface area contributed by atoms with Gasteiger partial charge in [0.2, 0.25) is 5.95 Å². The number of nitrogens with zero attached hydrogens (tertiary/aromatic N) is 4. The fourth-order valence-corrected chi connectivity index (χ4v) is 2.26. The fourth-order valence-electron chi connectivity index (χ4n) is 2.26. The lowest BCUT2D eigenvalue weighted by Gasteiger charge is -2.16. The SMILES string of the molecule is CC(C)(C)c1nc(C(=O)Nc2ncccn2)c2ccccn12. The van der Waals surface area contributed by atoms with Crippen molar-refractivity contribution in [1.82, 2.24) is 19.4 Å². The lowest BCUT2D eigenvalue weighted by Crippen LogP contribution is -2.17. The molecule has 0 aliphatic carbocycles. The van der Waals surface area contributed by atoms with Crippen LogP contribution >= 0.6 is 0 Å². The molecular formula is C16H17N5O. The number of hydrogen-bond donors (Lipinski definition) is 1. The standard InChI is InChI=1S/C16H17N5O/c1-16(2,3)14-19-12(11-7-4-5-10-21(11)14)13(22)20-15-17-8-6-9-18-15/h4-10H,1-3H3,(H,17,18,20,22). The summed E-state index contributed by atoms with van der Waals surface area (Å²) in [7, 11) is 0. The molecule has 6 nitrogen and oxygen atoms in total. The van der Waals surface area contributed by atoms with Gasteiger partial charge in [-0.1, -0.05) is 26.8 Å². The summed E-state index contributed by atoms with van der Waals surface area (Å²) in [6, 6.07) is 7.38. The molecule has 0 aromatic carbocycles. The summed E-state index contributed by atoms with van der Waals surface area (Å²) < 4.78 is 1.95. The summed E-state index contributed by atoms with van der Waals surface area (Å²) in [5.74, 6) is 0.787. The fraction of sp³-hybridized carbons (Fsp3) is 0.250. The second-order valence-corrected chi connectivity index (χ2v) is 6.02. The Morgan fingerprint density at radius 3 is 2.55 bits per heavy atom. The number of aromatic nitrogens is 4. The maximum Gasteiger partial charge on any atom is 0.278 e. The number of carbonyl (C=O) groups is 1. The number of anilines is 1. The molecule has 0 saturated carbocycles. The van der Waals surface area contributed by atoms with Crippen LogP contribution in [0.5, 0.6) is 0 Å². The van der Waals surface area contributed by atoms with Gasteiger partial charge in [0.05, 0.1) is 5.52 Å². The monoisotopic (exact) mass is 295 g/mol. The summed E-state index contributed by atoms with van der Waals surface area (Å²) in [4.78, 5) is 25.1. The molecule has 0 aliphatic rings. The lowest BCUT2D eigenvalue weighted by molar-refractivity contribution is 0.102. The number of hydrogen-bond acceptors (Lipinski definition) is 4. The average Bonchev–Trinajstić information content (AvgIpc) is 2.88. The van der Waals surface area contributed by atoms with Crippen molar-refractivity contribution in [3.05, 3.63) is 54.4 Å². The lowest BCUT2D eigenvalue weighted by atomic mass is 9.96. The number of amides is 1. The van der Waals surface area contributed by atoms with E-state index in [2.05, 4.69) is 41.0 Å². The number of carbonyl (C=O) groups excluding carboxylic acids is 1. The molecule has 3 aromatic heterocycles. The summed E-state index contributed by atoms with van der Waals surface area (Å²) >= 11 is 0. The predicted octanol–water partition coefficient (Wildman–Crippen LogP) is 2.67. The van der Waals surface area contributed by atoms with E-state index in [-0.39, 0.29) is 17.3 Å². The van der Waals surface area contributed by atoms with Crippen LogP contribution in [0.1, 0.15) is 37.1 Å². The number of nitrogens with one attached hydrogen (secondary N) is 1. The van der Waals surface area contributed by atoms with Crippen LogP contribution < -0.4 is 5.32 Å². The predicted molar refractivity (Wildman–Crippen MR) is 83.9 cm³/mol. The largest absolute Gasteiger partial charge is 0.302 e. The van der Waals surface area contributed by atoms with Gasteiger partial charge in [-0.2, -0.15) is 0 Å². The van der Waals surface area contributed by atoms with Gasteiger partial charge in [-0.3, -0.25) is 10.1 Å². The van der Waals surface area contributed by atoms with Crippen LogP contribution in [0.4, 0.5) is 5.95 Å². The zero-order chi connectivity index (χ0) is 15.7. The van der Waals surface area contributed by atoms with Crippen LogP contribution in [0.25, 0.3) is 5.52 Å². The van der Waals surface area contributed by atoms with Crippen molar-refractivity contribution in [2.45, 2.75) is 26.2 Å². The van der Waals surface area contributed by atoms with Crippen LogP contribution in [0, 0.1) is 0 Å². The molecule has 1 amide bonds. The maximum absolute atomic E-state index is 12.5. The van der Waals surface area contributed by atoms with Gasteiger partial charge >= 0.3 is 0 Å². The highest BCUT2D eigenvalue weighted by Crippen LogP contribution is 2.24. The molecule has 0 fully saturated rings. The van der Waals surface area contributed by atoms with Crippen molar-refractivity contribution in [2.24, 2.45) is 0 Å². The molecule has 3 rings (SSSR count). The Kier molecular flexibility index (Phi) is 3.36. The van der Waals surface area contributed by atoms with E-state index in [9.17, 15) is 4.79 Å². The van der Waals surface area contributed by atoms with Gasteiger partial charge in [-0.25, -0.2) is 15.0 Å². The minimum absolute atomic E-state index is 0.175. The van der Waals surface area contributed by atoms with E-state index < -0.39 is 0 Å². The van der Waals surface area contributed by atoms with E-state index in [1.54, 1.807) is 18.5 Å². The zero-order valence-corrected chi connectivity index (χ0v) is 12.7. The van der Waals surface area contributed by atoms with Gasteiger partial charge in [0.1, 0.15) is 5.82 Å². The van der Waals surface area contributed by atoms with E-state index in [1.165, 1.54) is 0 Å². The first-order chi connectivity index (χ1) is 10.5. The molecule has 3 heterocycles. The number of rotatable bonds is 2. The van der Waals surface area contributed by atoms with Crippen molar-refractivity contribution in [3.8, 4) is 0 Å². The van der Waals surface area contributed by atoms with Gasteiger partial charge < -0.3 is 4.40 Å². The molecule has 0 bridgehead atoms. The Bertz CT molecular complexity index is 817. The van der Waals surface area contributed by atoms with E-state index in [1.807, 2.05) is 28.8 Å². The second kappa shape index (κ2) is 5.22. The molecule has 22 heavy (non-hydrogen) atoms. The molecule has 0 radical (unpaired) electrons. The Hall–Kier alpha value is -2.76. The van der Waals surface area contributed by atoms with E-state index in [4.69, 9.17) is 0 Å². The summed E-state index contributed by atoms with van der Waals surface area (Å²) in [5, 5.41) is 2.68. The van der Waals surface area contributed by atoms with Gasteiger partial charge in [0.25, 0.3) is 5.91 Å². The topological polar surface area (TPSA) is 72.2 Å². The Morgan fingerprint density at radius 2 is 1.86 bits per heavy atom. The van der Waals surface area contributed by atoms with Crippen molar-refractivity contribution in [3.63, 3.8) is 0 Å². The molecule has 0 atom stereocenters. The quantitative estimate of drug-likeness (QED) is 0.789. The maximum atomic E-state index is 12.5. The third kappa shape index (κ3) is 2.55. The molecule has 0 unspecified atom stereocenters. The molecule has 6 heteroatoms. The Labute approximate surface area is 128 Å². The van der Waals surface area contributed by atoms with E-state index in [0.717, 1.165) is 11.3 Å². The Morgan fingerprint density at radius 1 is 1.14 bits per heavy atom. The van der Waals surface area contributed by atoms with Crippen molar-refractivity contribution < 1.29 is 4.79 Å². The van der Waals surface area contributed by atoms with Gasteiger partial charge in [-0.15, -0.1) is 0 Å². The minimum atomic E-state index is -0.314. The zero-order valence-electron chi connectivity index (χ0n) is 12.7. The average molecular weight is 295 g/mol. The highest BCUT2D eigenvalue weighted by atomic mass is 16.2. The van der Waals surface area contributed by atoms with Gasteiger partial charge in [0, 0.05) is 24.0 Å². The molecular weight excluding hydrogens is 278 g/mol. The summed E-state index contributed by atoms with van der Waals surface area (Å²) in [5.41, 5.74) is 0.963. The van der Waals surface area contributed by atoms with Crippen LogP contribution in [-0.4, -0.2) is 25.3 Å². The van der Waals surface area contributed by atoms with Crippen LogP contribution in [0.3, 0.4) is 0 Å². The van der Waals surface area contributed by atoms with Crippen LogP contribution in [0.15, 0.2) is 42.9 Å². The first kappa shape index (κ1) is 14.2. The van der Waals surface area contributed by atoms with Crippen LogP contribution in [0.2, 0.25) is 0 Å². The number of fused-ring (bicyclic) bond motifs is 1. The smallest absolute Gasteiger partial charge is 0.278 e. The van der Waals surface area contributed by atoms with Crippen molar-refractivity contribution >= 4 is 17.4 Å². The minimum Gasteiger partial charge on any atom is -0.302 e. The first-order valence-electron chi connectivity index (χ1n) is 7.03. The normalized spacial score (nSPS) is 11.6. The van der Waals surface area contributed by atoms with Crippen LogP contribution in [-0.2, 0) is 5.41 Å². The summed E-state index contributed by atoms with van der Waals surface area (Å²) in [6.45, 7) is 6.20. The number of imidazole rings is 1. The molecule has 1 N–H and O–H groups in total. The second-order valence-electron chi connectivity index (χ2n) is 6.02. The van der Waals surface area contributed by atoms with Gasteiger partial charge in [-0.05, 0) is 18.2 Å². The Balaban J connectivity index is 2.06. The molecule has 112 valence electrons. The van der Waals surface area contributed by atoms with Crippen molar-refractivity contribution in [1.29, 1.82) is 0 Å². The molecule has 0 aliphatic heterocycles. The third-order valence-electron chi connectivity index (χ3n) is 3.23. The third-order valence-corrected chi connectivity index (χ3v) is 3.23. The van der Waals surface area contributed by atoms with E-state index in [0.29, 0.717) is 5.69 Å². The highest BCUT2D eigenvalue weighted by molar-refractivity contribution is 6.06. The molecule has 0 spiro atoms. The molecule has 3 aromatic rings. The first-order valence-corrected chi connectivity index (χ1v) is 7.03. The van der Waals surface area contributed by atoms with Crippen molar-refractivity contribution in [2.75, 3.05) is 5.32 Å². The van der Waals surface area contributed by atoms with Gasteiger partial charge in [0.15, 0.2) is 5.69 Å². The molecule has 0 saturated heterocycles. The van der Waals surface area contributed by atoms with E-state index >= 15 is 0 Å². The highest BCUT2D eigenvalue weighted by Gasteiger charge is 2.25. The number of pyridine rings is 1. The summed E-state index contributed by atoms with van der Waals surface area (Å²) in [6.07, 6.45) is 5.07.